The van der Waals surface area contributed by atoms with Gasteiger partial charge >= 0.3 is 6.18 Å². The summed E-state index contributed by atoms with van der Waals surface area (Å²) >= 11 is 1.16. The number of halogens is 4. The fourth-order valence-corrected chi connectivity index (χ4v) is 5.60. The molecule has 0 aliphatic carbocycles. The Morgan fingerprint density at radius 3 is 2.67 bits per heavy atom. The van der Waals surface area contributed by atoms with Gasteiger partial charge in [0, 0.05) is 25.8 Å². The van der Waals surface area contributed by atoms with Crippen LogP contribution in [0, 0.1) is 11.8 Å². The molecule has 6 nitrogen and oxygen atoms in total. The lowest BCUT2D eigenvalue weighted by atomic mass is 10.0. The number of carbonyl (C=O) groups is 1. The zero-order valence-electron chi connectivity index (χ0n) is 21.6. The zero-order valence-corrected chi connectivity index (χ0v) is 22.4. The van der Waals surface area contributed by atoms with E-state index in [1.807, 2.05) is 11.9 Å². The molecule has 3 aromatic rings. The van der Waals surface area contributed by atoms with Gasteiger partial charge in [-0.3, -0.25) is 10.1 Å². The molecule has 1 amide bonds. The van der Waals surface area contributed by atoms with Crippen molar-refractivity contribution < 1.29 is 27.1 Å². The number of fused-ring (bicyclic) bond motifs is 1. The summed E-state index contributed by atoms with van der Waals surface area (Å²) in [5.74, 6) is 5.36. The van der Waals surface area contributed by atoms with Gasteiger partial charge in [-0.2, -0.15) is 13.2 Å². The van der Waals surface area contributed by atoms with Crippen LogP contribution in [0.4, 0.5) is 23.2 Å². The van der Waals surface area contributed by atoms with Crippen LogP contribution in [0.5, 0.6) is 0 Å². The summed E-state index contributed by atoms with van der Waals surface area (Å²) in [4.78, 5) is 14.6. The molecule has 39 heavy (non-hydrogen) atoms. The third-order valence-corrected chi connectivity index (χ3v) is 7.59. The molecule has 1 fully saturated rings. The first kappa shape index (κ1) is 28.8. The molecule has 0 saturated carbocycles. The smallest absolute Gasteiger partial charge is 0.378 e. The van der Waals surface area contributed by atoms with Crippen LogP contribution in [-0.4, -0.2) is 69.3 Å². The molecular weight excluding hydrogens is 532 g/mol. The summed E-state index contributed by atoms with van der Waals surface area (Å²) in [6.07, 6.45) is -6.89. The van der Waals surface area contributed by atoms with E-state index in [1.165, 1.54) is 7.11 Å². The summed E-state index contributed by atoms with van der Waals surface area (Å²) in [6.45, 7) is 1.09. The Labute approximate surface area is 228 Å². The van der Waals surface area contributed by atoms with Crippen LogP contribution >= 0.6 is 11.3 Å². The average molecular weight is 563 g/mol. The van der Waals surface area contributed by atoms with Crippen LogP contribution in [-0.2, 0) is 11.2 Å². The predicted octanol–water partition coefficient (Wildman–Crippen LogP) is 4.76. The SMILES string of the molecule is COC(NCC#Cc1sc2c(N[C@H]3CCN(C)C[C@H]3F)cccc2c1CC(F)(F)F)NC(=O)c1ccccc1. The number of methoxy groups -OCH3 is 1. The fraction of sp³-hybridized carbons (Fsp3) is 0.393. The molecule has 3 atom stereocenters. The first-order valence-electron chi connectivity index (χ1n) is 12.5. The topological polar surface area (TPSA) is 65.6 Å². The maximum absolute atomic E-state index is 14.7. The van der Waals surface area contributed by atoms with Gasteiger partial charge in [0.05, 0.1) is 34.3 Å². The van der Waals surface area contributed by atoms with Crippen LogP contribution in [0.2, 0.25) is 0 Å². The maximum atomic E-state index is 14.7. The molecule has 3 N–H and O–H groups in total. The van der Waals surface area contributed by atoms with E-state index in [9.17, 15) is 22.4 Å². The van der Waals surface area contributed by atoms with Gasteiger partial charge in [0.1, 0.15) is 6.17 Å². The van der Waals surface area contributed by atoms with Gasteiger partial charge < -0.3 is 20.3 Å². The van der Waals surface area contributed by atoms with E-state index in [2.05, 4.69) is 27.8 Å². The Morgan fingerprint density at radius 1 is 1.21 bits per heavy atom. The summed E-state index contributed by atoms with van der Waals surface area (Å²) in [7, 11) is 3.27. The number of benzene rings is 2. The first-order valence-corrected chi connectivity index (χ1v) is 13.3. The molecule has 208 valence electrons. The van der Waals surface area contributed by atoms with Crippen molar-refractivity contribution in [3.8, 4) is 11.8 Å². The molecule has 1 unspecified atom stereocenters. The number of alkyl halides is 4. The number of piperidine rings is 1. The second-order valence-corrected chi connectivity index (χ2v) is 10.4. The number of nitrogens with one attached hydrogen (secondary N) is 3. The first-order chi connectivity index (χ1) is 18.6. The maximum Gasteiger partial charge on any atom is 0.393 e. The molecular formula is C28H30F4N4O2S. The Morgan fingerprint density at radius 2 is 1.97 bits per heavy atom. The van der Waals surface area contributed by atoms with Crippen LogP contribution in [0.3, 0.4) is 0 Å². The van der Waals surface area contributed by atoms with Crippen molar-refractivity contribution >= 4 is 33.0 Å². The number of rotatable bonds is 8. The normalized spacial score (nSPS) is 18.8. The lowest BCUT2D eigenvalue weighted by Crippen LogP contribution is -2.46. The van der Waals surface area contributed by atoms with Crippen LogP contribution < -0.4 is 16.0 Å². The molecule has 0 bridgehead atoms. The summed E-state index contributed by atoms with van der Waals surface area (Å²) in [5.41, 5.74) is 1.16. The van der Waals surface area contributed by atoms with Crippen molar-refractivity contribution in [1.29, 1.82) is 0 Å². The summed E-state index contributed by atoms with van der Waals surface area (Å²) < 4.78 is 61.0. The molecule has 11 heteroatoms. The number of hydrogen-bond acceptors (Lipinski definition) is 6. The van der Waals surface area contributed by atoms with Crippen molar-refractivity contribution in [2.45, 2.75) is 37.6 Å². The van der Waals surface area contributed by atoms with Crippen molar-refractivity contribution in [3.63, 3.8) is 0 Å². The predicted molar refractivity (Wildman–Crippen MR) is 146 cm³/mol. The lowest BCUT2D eigenvalue weighted by molar-refractivity contribution is -0.126. The Balaban J connectivity index is 1.52. The highest BCUT2D eigenvalue weighted by atomic mass is 32.1. The number of amides is 1. The molecule has 1 aromatic heterocycles. The highest BCUT2D eigenvalue weighted by molar-refractivity contribution is 7.20. The average Bonchev–Trinajstić information content (AvgIpc) is 3.24. The molecule has 4 rings (SSSR count). The summed E-state index contributed by atoms with van der Waals surface area (Å²) in [5, 5.41) is 9.26. The number of thiophene rings is 1. The molecule has 1 saturated heterocycles. The van der Waals surface area contributed by atoms with Crippen LogP contribution in [0.1, 0.15) is 27.2 Å². The van der Waals surface area contributed by atoms with E-state index >= 15 is 0 Å². The number of nitrogens with zero attached hydrogens (tertiary/aromatic N) is 1. The monoisotopic (exact) mass is 562 g/mol. The number of carbonyl (C=O) groups excluding carboxylic acids is 1. The van der Waals surface area contributed by atoms with E-state index in [4.69, 9.17) is 4.74 Å². The Bertz CT molecular complexity index is 1340. The van der Waals surface area contributed by atoms with Crippen molar-refractivity contribution in [2.24, 2.45) is 0 Å². The summed E-state index contributed by atoms with van der Waals surface area (Å²) in [6, 6.07) is 13.3. The number of likely N-dealkylation sites (tertiary alicyclic amines) is 1. The Kier molecular flexibility index (Phi) is 9.45. The Hall–Kier alpha value is -3.17. The molecule has 1 aliphatic rings. The third kappa shape index (κ3) is 7.70. The van der Waals surface area contributed by atoms with Gasteiger partial charge in [0.25, 0.3) is 5.91 Å². The van der Waals surface area contributed by atoms with Gasteiger partial charge in [-0.25, -0.2) is 4.39 Å². The zero-order chi connectivity index (χ0) is 28.0. The largest absolute Gasteiger partial charge is 0.393 e. The van der Waals surface area contributed by atoms with Crippen LogP contribution in [0.25, 0.3) is 10.1 Å². The fourth-order valence-electron chi connectivity index (χ4n) is 4.43. The minimum absolute atomic E-state index is 0.0531. The standard InChI is InChI=1S/C28H30F4N4O2S/c1-36-15-13-22(21(29)17-36)34-23-11-6-10-19-20(16-28(30,31)32)24(39-25(19)23)12-7-14-33-27(38-2)35-26(37)18-8-4-3-5-9-18/h3-6,8-11,21-22,27,33-34H,13-17H2,1-2H3,(H,35,37)/t21-,22+,27?/m1/s1. The minimum Gasteiger partial charge on any atom is -0.378 e. The minimum atomic E-state index is -4.42. The molecule has 2 aromatic carbocycles. The van der Waals surface area contributed by atoms with Crippen molar-refractivity contribution in [3.05, 3.63) is 64.5 Å². The van der Waals surface area contributed by atoms with E-state index < -0.39 is 31.2 Å². The van der Waals surface area contributed by atoms with Gasteiger partial charge in [0.15, 0.2) is 6.35 Å². The third-order valence-electron chi connectivity index (χ3n) is 6.39. The lowest BCUT2D eigenvalue weighted by Gasteiger charge is -2.33. The molecule has 2 heterocycles. The number of hydrogen-bond donors (Lipinski definition) is 3. The highest BCUT2D eigenvalue weighted by Crippen LogP contribution is 2.39. The van der Waals surface area contributed by atoms with E-state index in [1.54, 1.807) is 48.5 Å². The van der Waals surface area contributed by atoms with Gasteiger partial charge in [-0.15, -0.1) is 11.3 Å². The van der Waals surface area contributed by atoms with E-state index in [-0.39, 0.29) is 18.0 Å². The highest BCUT2D eigenvalue weighted by Gasteiger charge is 2.32. The molecule has 0 radical (unpaired) electrons. The number of anilines is 1. The quantitative estimate of drug-likeness (QED) is 0.210. The molecule has 0 spiro atoms. The van der Waals surface area contributed by atoms with E-state index in [0.717, 1.165) is 17.9 Å². The van der Waals surface area contributed by atoms with Gasteiger partial charge in [0.2, 0.25) is 0 Å². The number of ether oxygens (including phenoxy) is 1. The van der Waals surface area contributed by atoms with E-state index in [0.29, 0.717) is 39.2 Å². The molecule has 1 aliphatic heterocycles. The van der Waals surface area contributed by atoms with Gasteiger partial charge in [-0.05, 0) is 42.6 Å². The second kappa shape index (κ2) is 12.8. The van der Waals surface area contributed by atoms with Gasteiger partial charge in [-0.1, -0.05) is 42.2 Å². The van der Waals surface area contributed by atoms with Crippen molar-refractivity contribution in [2.75, 3.05) is 39.1 Å². The second-order valence-electron chi connectivity index (χ2n) is 9.34. The van der Waals surface area contributed by atoms with Crippen LogP contribution in [0.15, 0.2) is 48.5 Å². The van der Waals surface area contributed by atoms with Crippen molar-refractivity contribution in [1.82, 2.24) is 15.5 Å².